The fraction of sp³-hybridized carbons (Fsp3) is 0.455. The molecule has 106 valence electrons. The van der Waals surface area contributed by atoms with Gasteiger partial charge in [0, 0.05) is 6.04 Å². The molecule has 0 saturated carbocycles. The fourth-order valence-corrected chi connectivity index (χ4v) is 3.69. The Hall–Kier alpha value is -1.21. The third-order valence-electron chi connectivity index (χ3n) is 3.17. The molecule has 1 heterocycles. The van der Waals surface area contributed by atoms with Gasteiger partial charge in [0.05, 0.1) is 28.6 Å². The lowest BCUT2D eigenvalue weighted by Gasteiger charge is -2.25. The zero-order chi connectivity index (χ0) is 14.2. The summed E-state index contributed by atoms with van der Waals surface area (Å²) in [5.74, 6) is -0.517. The number of nitrogen functional groups attached to an aromatic ring is 2. The van der Waals surface area contributed by atoms with E-state index in [9.17, 15) is 12.8 Å². The van der Waals surface area contributed by atoms with Crippen LogP contribution in [0.1, 0.15) is 12.8 Å². The highest BCUT2D eigenvalue weighted by Crippen LogP contribution is 2.34. The molecule has 0 aliphatic carbocycles. The smallest absolute Gasteiger partial charge is 0.169 e. The first-order valence-corrected chi connectivity index (χ1v) is 8.00. The van der Waals surface area contributed by atoms with E-state index < -0.39 is 15.7 Å². The van der Waals surface area contributed by atoms with Crippen molar-refractivity contribution in [1.82, 2.24) is 0 Å². The Morgan fingerprint density at radius 3 is 2.42 bits per heavy atom. The molecule has 0 spiro atoms. The average Bonchev–Trinajstić information content (AvgIpc) is 2.34. The van der Waals surface area contributed by atoms with Gasteiger partial charge in [0.25, 0.3) is 0 Å². The Labute approximate surface area is 116 Å². The Morgan fingerprint density at radius 2 is 1.84 bits per heavy atom. The van der Waals surface area contributed by atoms with Crippen molar-refractivity contribution in [2.45, 2.75) is 18.9 Å². The molecule has 0 bridgehead atoms. The quantitative estimate of drug-likeness (QED) is 0.721. The van der Waals surface area contributed by atoms with E-state index in [2.05, 4.69) is 5.32 Å². The van der Waals surface area contributed by atoms with Crippen LogP contribution in [0.15, 0.2) is 6.07 Å². The lowest BCUT2D eigenvalue weighted by molar-refractivity contribution is 0.557. The highest BCUT2D eigenvalue weighted by atomic mass is 35.5. The van der Waals surface area contributed by atoms with E-state index in [0.29, 0.717) is 12.8 Å². The number of hydrogen-bond donors (Lipinski definition) is 3. The van der Waals surface area contributed by atoms with Crippen LogP contribution in [0.5, 0.6) is 0 Å². The van der Waals surface area contributed by atoms with Crippen molar-refractivity contribution in [3.05, 3.63) is 16.9 Å². The first-order chi connectivity index (χ1) is 8.80. The van der Waals surface area contributed by atoms with Crippen molar-refractivity contribution in [2.75, 3.05) is 28.3 Å². The van der Waals surface area contributed by atoms with Crippen LogP contribution in [0.2, 0.25) is 5.02 Å². The molecule has 8 heteroatoms. The van der Waals surface area contributed by atoms with Crippen LogP contribution in [0.25, 0.3) is 0 Å². The molecule has 2 rings (SSSR count). The second kappa shape index (κ2) is 5.05. The van der Waals surface area contributed by atoms with Gasteiger partial charge in [-0.15, -0.1) is 0 Å². The summed E-state index contributed by atoms with van der Waals surface area (Å²) in [6.45, 7) is 0. The van der Waals surface area contributed by atoms with Crippen LogP contribution >= 0.6 is 11.6 Å². The standard InChI is InChI=1S/C11H15ClFN3O2S/c12-9-7(14)5-8(15)11(10(9)13)16-6-1-3-19(17,18)4-2-6/h5-6,16H,1-4,14-15H2. The molecule has 5 N–H and O–H groups in total. The molecule has 1 aliphatic rings. The Kier molecular flexibility index (Phi) is 3.78. The SMILES string of the molecule is Nc1cc(N)c(NC2CCS(=O)(=O)CC2)c(F)c1Cl. The van der Waals surface area contributed by atoms with E-state index in [1.54, 1.807) is 0 Å². The summed E-state index contributed by atoms with van der Waals surface area (Å²) in [6, 6.07) is 1.24. The van der Waals surface area contributed by atoms with E-state index in [-0.39, 0.29) is 39.6 Å². The molecule has 19 heavy (non-hydrogen) atoms. The molecule has 1 aromatic carbocycles. The van der Waals surface area contributed by atoms with Crippen molar-refractivity contribution < 1.29 is 12.8 Å². The van der Waals surface area contributed by atoms with Crippen LogP contribution < -0.4 is 16.8 Å². The van der Waals surface area contributed by atoms with Gasteiger partial charge in [0.15, 0.2) is 5.82 Å². The van der Waals surface area contributed by atoms with Crippen molar-refractivity contribution in [2.24, 2.45) is 0 Å². The normalized spacial score (nSPS) is 19.3. The summed E-state index contributed by atoms with van der Waals surface area (Å²) in [5.41, 5.74) is 11.5. The maximum atomic E-state index is 14.0. The second-order valence-electron chi connectivity index (χ2n) is 4.63. The first-order valence-electron chi connectivity index (χ1n) is 5.80. The van der Waals surface area contributed by atoms with E-state index in [0.717, 1.165) is 0 Å². The van der Waals surface area contributed by atoms with Gasteiger partial charge in [-0.1, -0.05) is 11.6 Å². The average molecular weight is 308 g/mol. The number of rotatable bonds is 2. The number of halogens is 2. The maximum absolute atomic E-state index is 14.0. The number of anilines is 3. The third kappa shape index (κ3) is 3.03. The summed E-state index contributed by atoms with van der Waals surface area (Å²) in [5, 5.41) is 2.74. The van der Waals surface area contributed by atoms with Crippen LogP contribution in [0.3, 0.4) is 0 Å². The van der Waals surface area contributed by atoms with E-state index in [4.69, 9.17) is 23.1 Å². The molecule has 1 fully saturated rings. The minimum atomic E-state index is -2.95. The summed E-state index contributed by atoms with van der Waals surface area (Å²) in [7, 11) is -2.95. The molecule has 1 aromatic rings. The zero-order valence-corrected chi connectivity index (χ0v) is 11.7. The van der Waals surface area contributed by atoms with Gasteiger partial charge in [-0.2, -0.15) is 0 Å². The molecule has 0 atom stereocenters. The molecule has 0 unspecified atom stereocenters. The Morgan fingerprint density at radius 1 is 1.26 bits per heavy atom. The molecule has 0 radical (unpaired) electrons. The third-order valence-corrected chi connectivity index (χ3v) is 5.27. The fourth-order valence-electron chi connectivity index (χ4n) is 2.05. The van der Waals surface area contributed by atoms with Crippen molar-refractivity contribution in [3.8, 4) is 0 Å². The molecular weight excluding hydrogens is 293 g/mol. The highest BCUT2D eigenvalue weighted by molar-refractivity contribution is 7.91. The number of nitrogens with two attached hydrogens (primary N) is 2. The van der Waals surface area contributed by atoms with Crippen LogP contribution in [-0.2, 0) is 9.84 Å². The summed E-state index contributed by atoms with van der Waals surface area (Å²) < 4.78 is 36.6. The monoisotopic (exact) mass is 307 g/mol. The maximum Gasteiger partial charge on any atom is 0.169 e. The predicted molar refractivity (Wildman–Crippen MR) is 75.5 cm³/mol. The summed E-state index contributed by atoms with van der Waals surface area (Å²) in [4.78, 5) is 0. The topological polar surface area (TPSA) is 98.2 Å². The van der Waals surface area contributed by atoms with Crippen molar-refractivity contribution in [3.63, 3.8) is 0 Å². The van der Waals surface area contributed by atoms with Gasteiger partial charge in [-0.05, 0) is 18.9 Å². The van der Waals surface area contributed by atoms with Gasteiger partial charge in [-0.25, -0.2) is 12.8 Å². The van der Waals surface area contributed by atoms with Gasteiger partial charge >= 0.3 is 0 Å². The highest BCUT2D eigenvalue weighted by Gasteiger charge is 2.25. The van der Waals surface area contributed by atoms with E-state index >= 15 is 0 Å². The molecular formula is C11H15ClFN3O2S. The first kappa shape index (κ1) is 14.2. The lowest BCUT2D eigenvalue weighted by Crippen LogP contribution is -2.32. The second-order valence-corrected chi connectivity index (χ2v) is 7.31. The van der Waals surface area contributed by atoms with E-state index in [1.165, 1.54) is 6.07 Å². The molecule has 0 aromatic heterocycles. The molecule has 0 amide bonds. The Bertz CT molecular complexity index is 592. The van der Waals surface area contributed by atoms with Gasteiger partial charge in [-0.3, -0.25) is 0 Å². The van der Waals surface area contributed by atoms with Crippen LogP contribution in [0.4, 0.5) is 21.5 Å². The van der Waals surface area contributed by atoms with Crippen LogP contribution in [-0.4, -0.2) is 26.0 Å². The Balaban J connectivity index is 2.19. The largest absolute Gasteiger partial charge is 0.397 e. The van der Waals surface area contributed by atoms with Crippen LogP contribution in [0, 0.1) is 5.82 Å². The van der Waals surface area contributed by atoms with Crippen molar-refractivity contribution >= 4 is 38.5 Å². The minimum absolute atomic E-state index is 0.0773. The number of nitrogens with one attached hydrogen (secondary N) is 1. The molecule has 5 nitrogen and oxygen atoms in total. The minimum Gasteiger partial charge on any atom is -0.397 e. The van der Waals surface area contributed by atoms with E-state index in [1.807, 2.05) is 0 Å². The van der Waals surface area contributed by atoms with Gasteiger partial charge in [0.2, 0.25) is 0 Å². The number of benzene rings is 1. The number of sulfone groups is 1. The molecule has 1 aliphatic heterocycles. The predicted octanol–water partition coefficient (Wildman–Crippen LogP) is 1.63. The number of hydrogen-bond acceptors (Lipinski definition) is 5. The van der Waals surface area contributed by atoms with Gasteiger partial charge < -0.3 is 16.8 Å². The summed E-state index contributed by atoms with van der Waals surface area (Å²) in [6.07, 6.45) is 0.840. The van der Waals surface area contributed by atoms with Crippen molar-refractivity contribution in [1.29, 1.82) is 0 Å². The zero-order valence-electron chi connectivity index (χ0n) is 10.1. The summed E-state index contributed by atoms with van der Waals surface area (Å²) >= 11 is 5.73. The molecule has 1 saturated heterocycles. The van der Waals surface area contributed by atoms with Gasteiger partial charge in [0.1, 0.15) is 14.9 Å². The lowest BCUT2D eigenvalue weighted by atomic mass is 10.1.